The van der Waals surface area contributed by atoms with E-state index in [1.54, 1.807) is 16.8 Å². The molecule has 68 valence electrons. The molecule has 1 N–H and O–H groups in total. The summed E-state index contributed by atoms with van der Waals surface area (Å²) in [5.41, 5.74) is 1.71. The first-order valence-corrected chi connectivity index (χ1v) is 6.13. The normalized spacial score (nSPS) is 10.2. The van der Waals surface area contributed by atoms with Crippen molar-refractivity contribution in [3.05, 3.63) is 26.3 Å². The van der Waals surface area contributed by atoms with Crippen LogP contribution in [0.4, 0.5) is 5.13 Å². The number of anilines is 1. The molecule has 13 heavy (non-hydrogen) atoms. The van der Waals surface area contributed by atoms with Gasteiger partial charge in [-0.2, -0.15) is 0 Å². The highest BCUT2D eigenvalue weighted by Gasteiger charge is 1.98. The Balaban J connectivity index is 1.93. The molecule has 0 unspecified atom stereocenters. The molecule has 2 aromatic heterocycles. The lowest BCUT2D eigenvalue weighted by Gasteiger charge is -1.96. The van der Waals surface area contributed by atoms with Crippen molar-refractivity contribution >= 4 is 43.7 Å². The van der Waals surface area contributed by atoms with Crippen LogP contribution in [0.5, 0.6) is 0 Å². The summed E-state index contributed by atoms with van der Waals surface area (Å²) in [4.78, 5) is 1.28. The summed E-state index contributed by atoms with van der Waals surface area (Å²) >= 11 is 6.64. The second kappa shape index (κ2) is 4.17. The van der Waals surface area contributed by atoms with E-state index in [1.807, 2.05) is 0 Å². The van der Waals surface area contributed by atoms with Gasteiger partial charge in [-0.3, -0.25) is 0 Å². The number of hydrogen-bond acceptors (Lipinski definition) is 5. The van der Waals surface area contributed by atoms with Gasteiger partial charge in [-0.1, -0.05) is 11.3 Å². The minimum atomic E-state index is 0.811. The highest BCUT2D eigenvalue weighted by molar-refractivity contribution is 9.10. The molecule has 0 saturated carbocycles. The molecule has 2 heterocycles. The summed E-state index contributed by atoms with van der Waals surface area (Å²) in [6.45, 7) is 0.811. The fourth-order valence-electron chi connectivity index (χ4n) is 0.859. The molecule has 3 nitrogen and oxygen atoms in total. The summed E-state index contributed by atoms with van der Waals surface area (Å²) in [5.74, 6) is 0. The Labute approximate surface area is 92.0 Å². The van der Waals surface area contributed by atoms with Gasteiger partial charge < -0.3 is 5.32 Å². The van der Waals surface area contributed by atoms with Crippen molar-refractivity contribution < 1.29 is 0 Å². The van der Waals surface area contributed by atoms with Crippen molar-refractivity contribution in [3.8, 4) is 0 Å². The third-order valence-electron chi connectivity index (χ3n) is 1.40. The fourth-order valence-corrected chi connectivity index (χ4v) is 2.69. The summed E-state index contributed by atoms with van der Waals surface area (Å²) in [6, 6.07) is 2.10. The Morgan fingerprint density at radius 2 is 2.38 bits per heavy atom. The molecule has 0 bridgehead atoms. The third kappa shape index (κ3) is 2.49. The maximum atomic E-state index is 3.89. The highest BCUT2D eigenvalue weighted by Crippen LogP contribution is 2.20. The van der Waals surface area contributed by atoms with E-state index in [2.05, 4.69) is 42.9 Å². The molecular weight excluding hydrogens is 270 g/mol. The monoisotopic (exact) mass is 275 g/mol. The first kappa shape index (κ1) is 9.11. The Morgan fingerprint density at radius 1 is 1.46 bits per heavy atom. The zero-order valence-corrected chi connectivity index (χ0v) is 9.75. The van der Waals surface area contributed by atoms with Crippen molar-refractivity contribution in [2.24, 2.45) is 0 Å². The van der Waals surface area contributed by atoms with Gasteiger partial charge in [-0.15, -0.1) is 21.5 Å². The lowest BCUT2D eigenvalue weighted by molar-refractivity contribution is 1.06. The third-order valence-corrected chi connectivity index (χ3v) is 3.74. The standard InChI is InChI=1S/C7H6BrN3S2/c8-5-1-6(12-3-5)2-9-7-11-10-4-13-7/h1,3-4H,2H2,(H,9,11). The van der Waals surface area contributed by atoms with Crippen LogP contribution in [-0.2, 0) is 6.54 Å². The first-order valence-electron chi connectivity index (χ1n) is 3.57. The molecule has 0 radical (unpaired) electrons. The Hall–Kier alpha value is -0.460. The lowest BCUT2D eigenvalue weighted by atomic mass is 10.5. The van der Waals surface area contributed by atoms with Gasteiger partial charge in [-0.25, -0.2) is 0 Å². The Kier molecular flexibility index (Phi) is 2.92. The number of nitrogens with one attached hydrogen (secondary N) is 1. The molecule has 0 fully saturated rings. The van der Waals surface area contributed by atoms with Gasteiger partial charge in [0.1, 0.15) is 5.51 Å². The van der Waals surface area contributed by atoms with Crippen LogP contribution in [0.2, 0.25) is 0 Å². The maximum absolute atomic E-state index is 3.89. The quantitative estimate of drug-likeness (QED) is 0.936. The summed E-state index contributed by atoms with van der Waals surface area (Å²) < 4.78 is 1.13. The molecule has 2 aromatic rings. The Morgan fingerprint density at radius 3 is 3.00 bits per heavy atom. The molecule has 0 aliphatic heterocycles. The number of hydrogen-bond donors (Lipinski definition) is 1. The molecule has 0 atom stereocenters. The van der Waals surface area contributed by atoms with E-state index >= 15 is 0 Å². The van der Waals surface area contributed by atoms with Crippen LogP contribution < -0.4 is 5.32 Å². The minimum Gasteiger partial charge on any atom is -0.355 e. The molecule has 0 aliphatic carbocycles. The van der Waals surface area contributed by atoms with Crippen molar-refractivity contribution in [1.29, 1.82) is 0 Å². The molecule has 6 heteroatoms. The van der Waals surface area contributed by atoms with Crippen molar-refractivity contribution in [2.75, 3.05) is 5.32 Å². The minimum absolute atomic E-state index is 0.811. The number of nitrogens with zero attached hydrogens (tertiary/aromatic N) is 2. The van der Waals surface area contributed by atoms with Crippen molar-refractivity contribution in [1.82, 2.24) is 10.2 Å². The molecule has 0 spiro atoms. The maximum Gasteiger partial charge on any atom is 0.205 e. The fraction of sp³-hybridized carbons (Fsp3) is 0.143. The smallest absolute Gasteiger partial charge is 0.205 e. The predicted molar refractivity (Wildman–Crippen MR) is 59.3 cm³/mol. The number of thiophene rings is 1. The molecule has 0 saturated heterocycles. The largest absolute Gasteiger partial charge is 0.355 e. The van der Waals surface area contributed by atoms with Gasteiger partial charge in [-0.05, 0) is 22.0 Å². The van der Waals surface area contributed by atoms with Gasteiger partial charge >= 0.3 is 0 Å². The average molecular weight is 276 g/mol. The second-order valence-electron chi connectivity index (χ2n) is 2.33. The van der Waals surface area contributed by atoms with E-state index in [4.69, 9.17) is 0 Å². The number of halogens is 1. The second-order valence-corrected chi connectivity index (χ2v) is 5.07. The average Bonchev–Trinajstić information content (AvgIpc) is 2.71. The van der Waals surface area contributed by atoms with Crippen LogP contribution in [0.25, 0.3) is 0 Å². The van der Waals surface area contributed by atoms with E-state index in [0.29, 0.717) is 0 Å². The lowest BCUT2D eigenvalue weighted by Crippen LogP contribution is -1.96. The Bertz CT molecular complexity index is 371. The van der Waals surface area contributed by atoms with Gasteiger partial charge in [0.25, 0.3) is 0 Å². The zero-order valence-electron chi connectivity index (χ0n) is 6.53. The van der Waals surface area contributed by atoms with E-state index in [0.717, 1.165) is 16.1 Å². The molecule has 0 aromatic carbocycles. The van der Waals surface area contributed by atoms with Crippen molar-refractivity contribution in [2.45, 2.75) is 6.54 Å². The van der Waals surface area contributed by atoms with E-state index in [1.165, 1.54) is 16.2 Å². The van der Waals surface area contributed by atoms with Crippen LogP contribution in [0.15, 0.2) is 21.4 Å². The first-order chi connectivity index (χ1) is 6.34. The van der Waals surface area contributed by atoms with Crippen LogP contribution in [0.1, 0.15) is 4.88 Å². The summed E-state index contributed by atoms with van der Waals surface area (Å²) in [5, 5.41) is 13.7. The number of aromatic nitrogens is 2. The van der Waals surface area contributed by atoms with Crippen LogP contribution in [0, 0.1) is 0 Å². The molecular formula is C7H6BrN3S2. The van der Waals surface area contributed by atoms with Gasteiger partial charge in [0.15, 0.2) is 0 Å². The van der Waals surface area contributed by atoms with E-state index in [-0.39, 0.29) is 0 Å². The van der Waals surface area contributed by atoms with Gasteiger partial charge in [0.2, 0.25) is 5.13 Å². The van der Waals surface area contributed by atoms with Crippen molar-refractivity contribution in [3.63, 3.8) is 0 Å². The SMILES string of the molecule is Brc1csc(CNc2nncs2)c1. The van der Waals surface area contributed by atoms with E-state index in [9.17, 15) is 0 Å². The van der Waals surface area contributed by atoms with Crippen LogP contribution >= 0.6 is 38.6 Å². The van der Waals surface area contributed by atoms with Crippen LogP contribution in [-0.4, -0.2) is 10.2 Å². The number of rotatable bonds is 3. The summed E-state index contributed by atoms with van der Waals surface area (Å²) in [7, 11) is 0. The van der Waals surface area contributed by atoms with E-state index < -0.39 is 0 Å². The van der Waals surface area contributed by atoms with Gasteiger partial charge in [0.05, 0.1) is 6.54 Å². The predicted octanol–water partition coefficient (Wildman–Crippen LogP) is 2.97. The molecule has 0 aliphatic rings. The van der Waals surface area contributed by atoms with Gasteiger partial charge in [0, 0.05) is 14.7 Å². The topological polar surface area (TPSA) is 37.8 Å². The highest BCUT2D eigenvalue weighted by atomic mass is 79.9. The molecule has 2 rings (SSSR count). The zero-order chi connectivity index (χ0) is 9.10. The summed E-state index contributed by atoms with van der Waals surface area (Å²) in [6.07, 6.45) is 0. The molecule has 0 amide bonds. The van der Waals surface area contributed by atoms with Crippen LogP contribution in [0.3, 0.4) is 0 Å².